The van der Waals surface area contributed by atoms with Crippen LogP contribution in [0.3, 0.4) is 0 Å². The van der Waals surface area contributed by atoms with Crippen molar-refractivity contribution >= 4 is 35.1 Å². The summed E-state index contributed by atoms with van der Waals surface area (Å²) in [5.74, 6) is 0.367. The van der Waals surface area contributed by atoms with Gasteiger partial charge in [0.15, 0.2) is 5.16 Å². The van der Waals surface area contributed by atoms with Crippen LogP contribution < -0.4 is 10.9 Å². The Balaban J connectivity index is 1.47. The molecule has 1 aromatic heterocycles. The van der Waals surface area contributed by atoms with Crippen molar-refractivity contribution in [2.75, 3.05) is 11.1 Å². The SMILES string of the molecule is Cc1ccccc1NC(=O)CSc1nc2c(c(=O)n1-c1ccccc1)[C@@H]1CCCC[C@H]1S2. The third-order valence-corrected chi connectivity index (χ3v) is 8.49. The summed E-state index contributed by atoms with van der Waals surface area (Å²) >= 11 is 3.07. The van der Waals surface area contributed by atoms with Gasteiger partial charge in [-0.1, -0.05) is 61.0 Å². The van der Waals surface area contributed by atoms with E-state index < -0.39 is 0 Å². The van der Waals surface area contributed by atoms with Crippen LogP contribution in [0.1, 0.15) is 42.7 Å². The zero-order valence-corrected chi connectivity index (χ0v) is 19.5. The topological polar surface area (TPSA) is 64.0 Å². The zero-order valence-electron chi connectivity index (χ0n) is 17.9. The van der Waals surface area contributed by atoms with Gasteiger partial charge in [0, 0.05) is 16.9 Å². The number of carbonyl (C=O) groups is 1. The number of fused-ring (bicyclic) bond motifs is 3. The summed E-state index contributed by atoms with van der Waals surface area (Å²) in [7, 11) is 0. The molecule has 2 aliphatic rings. The Hall–Kier alpha value is -2.51. The van der Waals surface area contributed by atoms with E-state index in [1.54, 1.807) is 16.3 Å². The number of benzene rings is 2. The highest BCUT2D eigenvalue weighted by Crippen LogP contribution is 2.50. The molecular formula is C25H25N3O2S2. The molecule has 164 valence electrons. The Morgan fingerprint density at radius 1 is 1.12 bits per heavy atom. The number of nitrogens with zero attached hydrogens (tertiary/aromatic N) is 2. The van der Waals surface area contributed by atoms with Crippen molar-refractivity contribution in [2.24, 2.45) is 0 Å². The zero-order chi connectivity index (χ0) is 22.1. The molecule has 0 radical (unpaired) electrons. The van der Waals surface area contributed by atoms with Crippen LogP contribution in [0.2, 0.25) is 0 Å². The van der Waals surface area contributed by atoms with E-state index in [2.05, 4.69) is 5.32 Å². The summed E-state index contributed by atoms with van der Waals surface area (Å²) in [4.78, 5) is 31.3. The molecule has 1 N–H and O–H groups in total. The molecule has 3 aromatic rings. The Morgan fingerprint density at radius 2 is 1.88 bits per heavy atom. The molecule has 1 saturated carbocycles. The summed E-state index contributed by atoms with van der Waals surface area (Å²) in [5.41, 5.74) is 3.50. The minimum absolute atomic E-state index is 0.0184. The molecule has 0 bridgehead atoms. The molecule has 0 saturated heterocycles. The molecule has 1 aliphatic carbocycles. The van der Waals surface area contributed by atoms with Gasteiger partial charge in [0.2, 0.25) is 5.91 Å². The number of hydrogen-bond donors (Lipinski definition) is 1. The number of para-hydroxylation sites is 2. The molecule has 5 nitrogen and oxygen atoms in total. The monoisotopic (exact) mass is 463 g/mol. The lowest BCUT2D eigenvalue weighted by atomic mass is 9.85. The molecule has 7 heteroatoms. The minimum Gasteiger partial charge on any atom is -0.325 e. The highest BCUT2D eigenvalue weighted by atomic mass is 32.2. The highest BCUT2D eigenvalue weighted by molar-refractivity contribution is 8.00. The van der Waals surface area contributed by atoms with Gasteiger partial charge in [0.1, 0.15) is 5.03 Å². The lowest BCUT2D eigenvalue weighted by Crippen LogP contribution is -2.29. The number of amides is 1. The van der Waals surface area contributed by atoms with Crippen LogP contribution in [0, 0.1) is 6.92 Å². The van der Waals surface area contributed by atoms with Gasteiger partial charge in [0.05, 0.1) is 17.0 Å². The summed E-state index contributed by atoms with van der Waals surface area (Å²) in [6, 6.07) is 17.3. The minimum atomic E-state index is -0.111. The largest absolute Gasteiger partial charge is 0.325 e. The lowest BCUT2D eigenvalue weighted by Gasteiger charge is -2.24. The van der Waals surface area contributed by atoms with Crippen molar-refractivity contribution in [1.82, 2.24) is 9.55 Å². The Kier molecular flexibility index (Phi) is 6.11. The fraction of sp³-hybridized carbons (Fsp3) is 0.320. The molecule has 5 rings (SSSR count). The first kappa shape index (κ1) is 21.3. The van der Waals surface area contributed by atoms with E-state index in [0.29, 0.717) is 16.3 Å². The normalized spacial score (nSPS) is 19.3. The molecule has 32 heavy (non-hydrogen) atoms. The van der Waals surface area contributed by atoms with Crippen molar-refractivity contribution < 1.29 is 4.79 Å². The van der Waals surface area contributed by atoms with Crippen LogP contribution in [0.25, 0.3) is 5.69 Å². The molecule has 0 spiro atoms. The molecular weight excluding hydrogens is 438 g/mol. The quantitative estimate of drug-likeness (QED) is 0.312. The second-order valence-electron chi connectivity index (χ2n) is 8.29. The van der Waals surface area contributed by atoms with Gasteiger partial charge in [-0.15, -0.1) is 11.8 Å². The average molecular weight is 464 g/mol. The second-order valence-corrected chi connectivity index (χ2v) is 10.5. The Labute approximate surface area is 196 Å². The third kappa shape index (κ3) is 4.11. The summed E-state index contributed by atoms with van der Waals surface area (Å²) in [6.45, 7) is 1.97. The van der Waals surface area contributed by atoms with Crippen molar-refractivity contribution in [3.8, 4) is 5.69 Å². The molecule has 1 amide bonds. The fourth-order valence-corrected chi connectivity index (χ4v) is 6.92. The van der Waals surface area contributed by atoms with E-state index in [-0.39, 0.29) is 17.2 Å². The maximum atomic E-state index is 13.7. The highest BCUT2D eigenvalue weighted by Gasteiger charge is 2.39. The standard InChI is InChI=1S/C25H25N3O2S2/c1-16-9-5-7-13-19(16)26-21(29)15-31-25-27-23-22(18-12-6-8-14-20(18)32-23)24(30)28(25)17-10-3-2-4-11-17/h2-5,7,9-11,13,18,20H,6,8,12,14-15H2,1H3,(H,26,29)/t18-,20-/m1/s1. The number of rotatable bonds is 5. The molecule has 1 fully saturated rings. The van der Waals surface area contributed by atoms with Crippen LogP contribution in [0.4, 0.5) is 5.69 Å². The molecule has 2 aromatic carbocycles. The van der Waals surface area contributed by atoms with Crippen LogP contribution in [-0.4, -0.2) is 26.5 Å². The number of carbonyl (C=O) groups excluding carboxylic acids is 1. The first-order valence-corrected chi connectivity index (χ1v) is 12.9. The number of nitrogens with one attached hydrogen (secondary N) is 1. The average Bonchev–Trinajstić information content (AvgIpc) is 3.18. The van der Waals surface area contributed by atoms with Crippen LogP contribution in [0.5, 0.6) is 0 Å². The van der Waals surface area contributed by atoms with Crippen LogP contribution in [0.15, 0.2) is 69.6 Å². The number of hydrogen-bond acceptors (Lipinski definition) is 5. The van der Waals surface area contributed by atoms with Gasteiger partial charge in [0.25, 0.3) is 5.56 Å². The van der Waals surface area contributed by atoms with E-state index in [9.17, 15) is 9.59 Å². The van der Waals surface area contributed by atoms with Gasteiger partial charge < -0.3 is 5.32 Å². The van der Waals surface area contributed by atoms with Crippen molar-refractivity contribution in [3.05, 3.63) is 76.1 Å². The van der Waals surface area contributed by atoms with E-state index in [0.717, 1.165) is 40.4 Å². The molecule has 2 heterocycles. The van der Waals surface area contributed by atoms with Crippen molar-refractivity contribution in [3.63, 3.8) is 0 Å². The van der Waals surface area contributed by atoms with E-state index in [1.807, 2.05) is 61.5 Å². The second kappa shape index (κ2) is 9.16. The van der Waals surface area contributed by atoms with E-state index in [4.69, 9.17) is 4.98 Å². The summed E-state index contributed by atoms with van der Waals surface area (Å²) < 4.78 is 1.70. The fourth-order valence-electron chi connectivity index (χ4n) is 4.55. The third-order valence-electron chi connectivity index (χ3n) is 6.15. The van der Waals surface area contributed by atoms with Crippen LogP contribution >= 0.6 is 23.5 Å². The summed E-state index contributed by atoms with van der Waals surface area (Å²) in [6.07, 6.45) is 4.58. The van der Waals surface area contributed by atoms with Gasteiger partial charge in [-0.05, 0) is 43.5 Å². The summed E-state index contributed by atoms with van der Waals surface area (Å²) in [5, 5.41) is 4.86. The van der Waals surface area contributed by atoms with E-state index >= 15 is 0 Å². The van der Waals surface area contributed by atoms with Gasteiger partial charge in [-0.2, -0.15) is 0 Å². The maximum absolute atomic E-state index is 13.7. The van der Waals surface area contributed by atoms with Gasteiger partial charge in [-0.25, -0.2) is 4.98 Å². The number of aromatic nitrogens is 2. The molecule has 1 aliphatic heterocycles. The smallest absolute Gasteiger partial charge is 0.263 e. The molecule has 2 atom stereocenters. The maximum Gasteiger partial charge on any atom is 0.263 e. The number of thioether (sulfide) groups is 2. The first-order valence-electron chi connectivity index (χ1n) is 11.0. The Bertz CT molecular complexity index is 1210. The van der Waals surface area contributed by atoms with Gasteiger partial charge >= 0.3 is 0 Å². The molecule has 0 unspecified atom stereocenters. The Morgan fingerprint density at radius 3 is 2.69 bits per heavy atom. The lowest BCUT2D eigenvalue weighted by molar-refractivity contribution is -0.113. The van der Waals surface area contributed by atoms with Gasteiger partial charge in [-0.3, -0.25) is 14.2 Å². The number of aryl methyl sites for hydroxylation is 1. The predicted molar refractivity (Wildman–Crippen MR) is 131 cm³/mol. The van der Waals surface area contributed by atoms with Crippen molar-refractivity contribution in [1.29, 1.82) is 0 Å². The predicted octanol–water partition coefficient (Wildman–Crippen LogP) is 5.40. The van der Waals surface area contributed by atoms with Crippen LogP contribution in [-0.2, 0) is 4.79 Å². The first-order chi connectivity index (χ1) is 15.6. The van der Waals surface area contributed by atoms with Crippen molar-refractivity contribution in [2.45, 2.75) is 54.0 Å². The van der Waals surface area contributed by atoms with E-state index in [1.165, 1.54) is 24.6 Å². The number of anilines is 1.